The van der Waals surface area contributed by atoms with Gasteiger partial charge in [0.25, 0.3) is 0 Å². The molecule has 13 unspecified atom stereocenters. The van der Waals surface area contributed by atoms with Gasteiger partial charge in [-0.05, 0) is 105 Å². The van der Waals surface area contributed by atoms with Crippen molar-refractivity contribution in [1.29, 1.82) is 0 Å². The Morgan fingerprint density at radius 1 is 0.746 bits per heavy atom. The number of ether oxygens (including phenoxy) is 7. The second kappa shape index (κ2) is 17.2. The molecule has 360 valence electrons. The molecule has 0 bridgehead atoms. The van der Waals surface area contributed by atoms with Crippen molar-refractivity contribution in [2.24, 2.45) is 46.3 Å². The van der Waals surface area contributed by atoms with Crippen molar-refractivity contribution in [2.45, 2.75) is 202 Å². The molecule has 63 heavy (non-hydrogen) atoms. The van der Waals surface area contributed by atoms with Gasteiger partial charge in [-0.3, -0.25) is 5.32 Å². The first-order valence-corrected chi connectivity index (χ1v) is 23.6. The van der Waals surface area contributed by atoms with Gasteiger partial charge in [0, 0.05) is 12.5 Å². The standard InChI is InChI=1S/C45H73NO17/c1-19-8-13-44(46-16-19)20(2)30-27(63-44)15-26-24-7-6-22-14-23(9-11-42(22,4)25(24)10-12-43(26,30)5)58-40-37(62-41-45(55,56)38(54)31(49)21(3)57-41)36(33(51)29(18-48)60-40)61-39-35(53)34(52)32(50)28(17-47)59-39/h6,19-21,23-41,46-56H,7-18H2,1-5H3/t19?,20-,21?,23-,24?,25?,26?,27?,28-,29?,30?,31-,32+,33-,34-,35?,36-,37?,38?,39?,40+,41-,42-,43-,44?/m0/s1. The number of aliphatic hydroxyl groups excluding tert-OH is 8. The summed E-state index contributed by atoms with van der Waals surface area (Å²) < 4.78 is 43.4. The molecule has 0 aromatic carbocycles. The van der Waals surface area contributed by atoms with E-state index in [0.29, 0.717) is 48.3 Å². The zero-order chi connectivity index (χ0) is 45.1. The van der Waals surface area contributed by atoms with Crippen LogP contribution in [0.1, 0.15) is 92.4 Å². The molecule has 5 heterocycles. The summed E-state index contributed by atoms with van der Waals surface area (Å²) in [5, 5.41) is 111. The van der Waals surface area contributed by atoms with Crippen LogP contribution in [0.2, 0.25) is 0 Å². The molecule has 0 radical (unpaired) electrons. The summed E-state index contributed by atoms with van der Waals surface area (Å²) in [6, 6.07) is 0. The van der Waals surface area contributed by atoms with Crippen LogP contribution in [-0.2, 0) is 33.2 Å². The number of hydrogen-bond donors (Lipinski definition) is 11. The molecule has 5 saturated heterocycles. The van der Waals surface area contributed by atoms with Gasteiger partial charge in [-0.15, -0.1) is 0 Å². The van der Waals surface area contributed by atoms with Crippen molar-refractivity contribution in [3.05, 3.63) is 11.6 Å². The average Bonchev–Trinajstić information content (AvgIpc) is 3.71. The molecule has 18 nitrogen and oxygen atoms in total. The minimum Gasteiger partial charge on any atom is -0.394 e. The Labute approximate surface area is 368 Å². The largest absolute Gasteiger partial charge is 0.394 e. The maximum Gasteiger partial charge on any atom is 0.245 e. The van der Waals surface area contributed by atoms with Crippen LogP contribution in [0, 0.1) is 46.3 Å². The molecule has 9 rings (SSSR count). The number of piperidine rings is 1. The van der Waals surface area contributed by atoms with Crippen molar-refractivity contribution in [2.75, 3.05) is 19.8 Å². The van der Waals surface area contributed by atoms with E-state index in [0.717, 1.165) is 45.1 Å². The van der Waals surface area contributed by atoms with E-state index in [9.17, 15) is 51.1 Å². The zero-order valence-corrected chi connectivity index (χ0v) is 37.1. The van der Waals surface area contributed by atoms with Crippen LogP contribution in [0.5, 0.6) is 0 Å². The SMILES string of the molecule is CC1CCC2(NC1)OC1CC3C4CC=C5C[C@@H](O[C@@H]6OC(CO)[C@H](O)[C@H](OC7O[C@@H](CO)[C@@H](O)[C@H](O)C7O)C6O[C@@H]6OC(C)[C@H](O)C(O)C6(O)O)CC[C@]5(C)C4CC[C@]3(C)C1[C@@H]2C. The van der Waals surface area contributed by atoms with Crippen LogP contribution in [0.4, 0.5) is 0 Å². The van der Waals surface area contributed by atoms with Gasteiger partial charge in [-0.2, -0.15) is 0 Å². The second-order valence-electron chi connectivity index (χ2n) is 21.4. The van der Waals surface area contributed by atoms with Gasteiger partial charge in [-0.1, -0.05) is 39.3 Å². The van der Waals surface area contributed by atoms with Crippen LogP contribution in [0.25, 0.3) is 0 Å². The number of aliphatic hydroxyl groups is 10. The summed E-state index contributed by atoms with van der Waals surface area (Å²) in [6.45, 7) is 10.6. The molecule has 9 aliphatic rings. The number of nitrogens with one attached hydrogen (secondary N) is 1. The van der Waals surface area contributed by atoms with E-state index in [1.165, 1.54) is 18.9 Å². The Balaban J connectivity index is 0.950. The van der Waals surface area contributed by atoms with Crippen LogP contribution >= 0.6 is 0 Å². The third-order valence-corrected chi connectivity index (χ3v) is 18.0. The normalized spacial score (nSPS) is 56.6. The molecule has 0 amide bonds. The van der Waals surface area contributed by atoms with Gasteiger partial charge in [0.15, 0.2) is 12.6 Å². The quantitative estimate of drug-likeness (QED) is 0.104. The minimum atomic E-state index is -3.19. The van der Waals surface area contributed by atoms with Gasteiger partial charge >= 0.3 is 0 Å². The summed E-state index contributed by atoms with van der Waals surface area (Å²) in [7, 11) is 0. The maximum atomic E-state index is 11.6. The molecule has 4 aliphatic carbocycles. The molecular formula is C45H73NO17. The molecule has 0 aromatic rings. The Kier molecular flexibility index (Phi) is 12.9. The lowest BCUT2D eigenvalue weighted by Crippen LogP contribution is -2.70. The third-order valence-electron chi connectivity index (χ3n) is 18.0. The summed E-state index contributed by atoms with van der Waals surface area (Å²) in [5.74, 6) is 0.00263. The van der Waals surface area contributed by atoms with Crippen molar-refractivity contribution >= 4 is 0 Å². The van der Waals surface area contributed by atoms with Crippen LogP contribution in [0.15, 0.2) is 11.6 Å². The van der Waals surface area contributed by atoms with Crippen molar-refractivity contribution in [3.8, 4) is 0 Å². The molecule has 8 fully saturated rings. The van der Waals surface area contributed by atoms with E-state index in [1.807, 2.05) is 0 Å². The van der Waals surface area contributed by atoms with E-state index >= 15 is 0 Å². The first-order valence-electron chi connectivity index (χ1n) is 23.6. The fraction of sp³-hybridized carbons (Fsp3) is 0.956. The van der Waals surface area contributed by atoms with Crippen molar-refractivity contribution in [1.82, 2.24) is 5.32 Å². The van der Waals surface area contributed by atoms with E-state index in [4.69, 9.17) is 33.2 Å². The lowest BCUT2D eigenvalue weighted by Gasteiger charge is -2.59. The van der Waals surface area contributed by atoms with Crippen LogP contribution < -0.4 is 5.32 Å². The van der Waals surface area contributed by atoms with Crippen LogP contribution in [0.3, 0.4) is 0 Å². The Hall–Kier alpha value is -0.980. The number of fused-ring (bicyclic) bond motifs is 7. The Morgan fingerprint density at radius 2 is 1.46 bits per heavy atom. The topological polar surface area (TPSA) is 279 Å². The van der Waals surface area contributed by atoms with Crippen molar-refractivity contribution < 1.29 is 84.2 Å². The predicted octanol–water partition coefficient (Wildman–Crippen LogP) is -0.893. The molecule has 5 aliphatic heterocycles. The van der Waals surface area contributed by atoms with E-state index < -0.39 is 111 Å². The molecular weight excluding hydrogens is 826 g/mol. The van der Waals surface area contributed by atoms with E-state index in [-0.39, 0.29) is 22.7 Å². The highest BCUT2D eigenvalue weighted by atomic mass is 16.8. The minimum absolute atomic E-state index is 0.0745. The second-order valence-corrected chi connectivity index (χ2v) is 21.4. The van der Waals surface area contributed by atoms with Gasteiger partial charge in [-0.25, -0.2) is 0 Å². The average molecular weight is 900 g/mol. The van der Waals surface area contributed by atoms with Gasteiger partial charge in [0.2, 0.25) is 12.1 Å². The van der Waals surface area contributed by atoms with Gasteiger partial charge in [0.05, 0.1) is 31.5 Å². The molecule has 18 heteroatoms. The summed E-state index contributed by atoms with van der Waals surface area (Å²) >= 11 is 0. The Bertz CT molecular complexity index is 1660. The monoisotopic (exact) mass is 899 g/mol. The highest BCUT2D eigenvalue weighted by Crippen LogP contribution is 2.70. The van der Waals surface area contributed by atoms with Crippen LogP contribution in [-0.4, -0.2) is 181 Å². The summed E-state index contributed by atoms with van der Waals surface area (Å²) in [5.41, 5.74) is 1.20. The Morgan fingerprint density at radius 3 is 2.16 bits per heavy atom. The molecule has 3 saturated carbocycles. The molecule has 1 spiro atoms. The molecule has 11 N–H and O–H groups in total. The highest BCUT2D eigenvalue weighted by molar-refractivity contribution is 5.26. The molecule has 25 atom stereocenters. The molecule has 0 aromatic heterocycles. The van der Waals surface area contributed by atoms with Gasteiger partial charge < -0.3 is 84.2 Å². The number of hydrogen-bond acceptors (Lipinski definition) is 18. The van der Waals surface area contributed by atoms with E-state index in [2.05, 4.69) is 39.1 Å². The first-order chi connectivity index (χ1) is 29.8. The maximum absolute atomic E-state index is 11.6. The zero-order valence-electron chi connectivity index (χ0n) is 37.1. The van der Waals surface area contributed by atoms with Gasteiger partial charge in [0.1, 0.15) is 66.8 Å². The number of rotatable bonds is 8. The van der Waals surface area contributed by atoms with Crippen molar-refractivity contribution in [3.63, 3.8) is 0 Å². The summed E-state index contributed by atoms with van der Waals surface area (Å²) in [6.07, 6.45) is -12.9. The predicted molar refractivity (Wildman–Crippen MR) is 217 cm³/mol. The third kappa shape index (κ3) is 7.62. The fourth-order valence-corrected chi connectivity index (χ4v) is 14.2. The number of allylic oxidation sites excluding steroid dienone is 1. The highest BCUT2D eigenvalue weighted by Gasteiger charge is 2.68. The smallest absolute Gasteiger partial charge is 0.245 e. The summed E-state index contributed by atoms with van der Waals surface area (Å²) in [4.78, 5) is 0. The lowest BCUT2D eigenvalue weighted by molar-refractivity contribution is -0.436. The van der Waals surface area contributed by atoms with E-state index in [1.54, 1.807) is 0 Å². The lowest BCUT2D eigenvalue weighted by atomic mass is 9.47. The first kappa shape index (κ1) is 47.1. The fourth-order valence-electron chi connectivity index (χ4n) is 14.2.